The Morgan fingerprint density at radius 1 is 1.33 bits per heavy atom. The van der Waals surface area contributed by atoms with E-state index < -0.39 is 12.1 Å². The quantitative estimate of drug-likeness (QED) is 0.582. The Bertz CT molecular complexity index is 972. The lowest BCUT2D eigenvalue weighted by Gasteiger charge is -2.11. The summed E-state index contributed by atoms with van der Waals surface area (Å²) < 4.78 is 5.32. The van der Waals surface area contributed by atoms with Crippen molar-refractivity contribution in [2.24, 2.45) is 0 Å². The van der Waals surface area contributed by atoms with Crippen LogP contribution in [-0.4, -0.2) is 15.9 Å². The molecule has 0 bridgehead atoms. The van der Waals surface area contributed by atoms with Crippen molar-refractivity contribution in [2.45, 2.75) is 20.0 Å². The third kappa shape index (κ3) is 3.44. The molecule has 0 radical (unpaired) electrons. The number of nitrogens with zero attached hydrogens (tertiary/aromatic N) is 1. The number of aromatic amines is 1. The zero-order valence-electron chi connectivity index (χ0n) is 13.3. The van der Waals surface area contributed by atoms with Gasteiger partial charge in [0, 0.05) is 11.0 Å². The van der Waals surface area contributed by atoms with E-state index >= 15 is 0 Å². The van der Waals surface area contributed by atoms with Crippen LogP contribution in [0.15, 0.2) is 46.6 Å². The molecule has 1 N–H and O–H groups in total. The Morgan fingerprint density at radius 2 is 2.12 bits per heavy atom. The maximum Gasteiger partial charge on any atom is 0.331 e. The maximum atomic E-state index is 12.1. The van der Waals surface area contributed by atoms with Crippen molar-refractivity contribution in [1.29, 1.82) is 0 Å². The van der Waals surface area contributed by atoms with Gasteiger partial charge in [-0.3, -0.25) is 4.79 Å². The Hall–Kier alpha value is -2.73. The van der Waals surface area contributed by atoms with Gasteiger partial charge < -0.3 is 9.72 Å². The van der Waals surface area contributed by atoms with Gasteiger partial charge in [0.25, 0.3) is 5.56 Å². The molecular formula is C18H16N2O3S. The van der Waals surface area contributed by atoms with Gasteiger partial charge in [0.05, 0.1) is 10.9 Å². The molecule has 0 unspecified atom stereocenters. The molecule has 1 atom stereocenters. The van der Waals surface area contributed by atoms with Gasteiger partial charge in [-0.2, -0.15) is 0 Å². The van der Waals surface area contributed by atoms with E-state index in [9.17, 15) is 9.59 Å². The molecule has 0 aliphatic rings. The first kappa shape index (κ1) is 16.1. The maximum absolute atomic E-state index is 12.1. The van der Waals surface area contributed by atoms with E-state index in [-0.39, 0.29) is 5.56 Å². The van der Waals surface area contributed by atoms with E-state index in [2.05, 4.69) is 9.97 Å². The van der Waals surface area contributed by atoms with Crippen LogP contribution in [0.3, 0.4) is 0 Å². The molecule has 2 heterocycles. The monoisotopic (exact) mass is 340 g/mol. The number of ether oxygens (including phenoxy) is 1. The molecule has 0 amide bonds. The predicted octanol–water partition coefficient (Wildman–Crippen LogP) is 3.61. The Labute approximate surface area is 142 Å². The van der Waals surface area contributed by atoms with Crippen LogP contribution in [0.4, 0.5) is 0 Å². The summed E-state index contributed by atoms with van der Waals surface area (Å²) in [7, 11) is 0. The molecule has 0 aliphatic heterocycles. The van der Waals surface area contributed by atoms with E-state index in [0.717, 1.165) is 10.4 Å². The van der Waals surface area contributed by atoms with Crippen molar-refractivity contribution in [3.63, 3.8) is 0 Å². The Balaban J connectivity index is 1.76. The fourth-order valence-corrected chi connectivity index (χ4v) is 3.08. The van der Waals surface area contributed by atoms with E-state index in [0.29, 0.717) is 16.7 Å². The topological polar surface area (TPSA) is 72.0 Å². The number of nitrogens with one attached hydrogen (secondary N) is 1. The second kappa shape index (κ2) is 6.80. The van der Waals surface area contributed by atoms with E-state index in [4.69, 9.17) is 4.74 Å². The number of para-hydroxylation sites is 1. The van der Waals surface area contributed by atoms with Gasteiger partial charge in [-0.15, -0.1) is 11.3 Å². The van der Waals surface area contributed by atoms with Crippen molar-refractivity contribution in [2.75, 3.05) is 0 Å². The normalized spacial score (nSPS) is 12.6. The average molecular weight is 340 g/mol. The molecule has 3 aromatic rings. The zero-order valence-corrected chi connectivity index (χ0v) is 14.1. The van der Waals surface area contributed by atoms with Crippen LogP contribution >= 0.6 is 11.3 Å². The fraction of sp³-hybridized carbons (Fsp3) is 0.167. The number of carbonyl (C=O) groups excluding carboxylic acids is 1. The van der Waals surface area contributed by atoms with Crippen LogP contribution in [0.2, 0.25) is 0 Å². The number of H-pyrrole nitrogens is 1. The summed E-state index contributed by atoms with van der Waals surface area (Å²) in [4.78, 5) is 32.1. The highest BCUT2D eigenvalue weighted by Crippen LogP contribution is 2.18. The second-order valence-corrected chi connectivity index (χ2v) is 6.30. The minimum Gasteiger partial charge on any atom is -0.451 e. The predicted molar refractivity (Wildman–Crippen MR) is 95.0 cm³/mol. The number of carbonyl (C=O) groups is 1. The number of rotatable bonds is 4. The number of esters is 1. The number of thiophene rings is 1. The molecule has 0 spiro atoms. The molecule has 24 heavy (non-hydrogen) atoms. The first-order chi connectivity index (χ1) is 11.5. The number of aromatic nitrogens is 2. The SMILES string of the molecule is Cc1ccsc1/C=C/C(=O)O[C@@H](C)c1nc2ccccc2c(=O)[nH]1. The lowest BCUT2D eigenvalue weighted by molar-refractivity contribution is -0.142. The highest BCUT2D eigenvalue weighted by molar-refractivity contribution is 7.11. The molecular weight excluding hydrogens is 324 g/mol. The minimum atomic E-state index is -0.649. The summed E-state index contributed by atoms with van der Waals surface area (Å²) in [6, 6.07) is 9.03. The average Bonchev–Trinajstić information content (AvgIpc) is 2.98. The highest BCUT2D eigenvalue weighted by atomic mass is 32.1. The highest BCUT2D eigenvalue weighted by Gasteiger charge is 2.14. The summed E-state index contributed by atoms with van der Waals surface area (Å²) >= 11 is 1.56. The lowest BCUT2D eigenvalue weighted by Crippen LogP contribution is -2.16. The summed E-state index contributed by atoms with van der Waals surface area (Å²) in [5.41, 5.74) is 1.43. The van der Waals surface area contributed by atoms with Gasteiger partial charge in [-0.05, 0) is 49.1 Å². The summed E-state index contributed by atoms with van der Waals surface area (Å²) in [6.45, 7) is 3.66. The van der Waals surface area contributed by atoms with Gasteiger partial charge in [-0.25, -0.2) is 9.78 Å². The first-order valence-electron chi connectivity index (χ1n) is 7.46. The smallest absolute Gasteiger partial charge is 0.331 e. The zero-order chi connectivity index (χ0) is 17.1. The van der Waals surface area contributed by atoms with Crippen molar-refractivity contribution in [3.05, 3.63) is 68.4 Å². The number of aryl methyl sites for hydroxylation is 1. The van der Waals surface area contributed by atoms with Crippen molar-refractivity contribution >= 4 is 34.3 Å². The molecule has 0 fully saturated rings. The summed E-state index contributed by atoms with van der Waals surface area (Å²) in [6.07, 6.45) is 2.46. The van der Waals surface area contributed by atoms with Crippen LogP contribution in [-0.2, 0) is 9.53 Å². The second-order valence-electron chi connectivity index (χ2n) is 5.35. The largest absolute Gasteiger partial charge is 0.451 e. The Kier molecular flexibility index (Phi) is 4.57. The lowest BCUT2D eigenvalue weighted by atomic mass is 10.2. The van der Waals surface area contributed by atoms with Gasteiger partial charge in [-0.1, -0.05) is 12.1 Å². The molecule has 6 heteroatoms. The van der Waals surface area contributed by atoms with Crippen LogP contribution in [0.1, 0.15) is 29.3 Å². The molecule has 0 saturated heterocycles. The number of hydrogen-bond acceptors (Lipinski definition) is 5. The molecule has 2 aromatic heterocycles. The number of benzene rings is 1. The number of fused-ring (bicyclic) bond motifs is 1. The van der Waals surface area contributed by atoms with Crippen LogP contribution in [0.25, 0.3) is 17.0 Å². The van der Waals surface area contributed by atoms with Gasteiger partial charge >= 0.3 is 5.97 Å². The molecule has 122 valence electrons. The van der Waals surface area contributed by atoms with Crippen molar-refractivity contribution in [1.82, 2.24) is 9.97 Å². The third-order valence-corrected chi connectivity index (χ3v) is 4.57. The standard InChI is InChI=1S/C18H16N2O3S/c1-11-9-10-24-15(11)7-8-16(21)23-12(2)17-19-14-6-4-3-5-13(14)18(22)20-17/h3-10,12H,1-2H3,(H,19,20,22)/b8-7+/t12-/m0/s1. The van der Waals surface area contributed by atoms with Crippen LogP contribution in [0, 0.1) is 6.92 Å². The van der Waals surface area contributed by atoms with E-state index in [1.54, 1.807) is 48.6 Å². The third-order valence-electron chi connectivity index (χ3n) is 3.58. The van der Waals surface area contributed by atoms with Gasteiger partial charge in [0.1, 0.15) is 0 Å². The molecule has 5 nitrogen and oxygen atoms in total. The molecule has 3 rings (SSSR count). The van der Waals surface area contributed by atoms with Crippen LogP contribution < -0.4 is 5.56 Å². The van der Waals surface area contributed by atoms with Gasteiger partial charge in [0.15, 0.2) is 11.9 Å². The minimum absolute atomic E-state index is 0.247. The van der Waals surface area contributed by atoms with Crippen molar-refractivity contribution in [3.8, 4) is 0 Å². The first-order valence-corrected chi connectivity index (χ1v) is 8.34. The van der Waals surface area contributed by atoms with E-state index in [1.165, 1.54) is 6.08 Å². The molecule has 0 aliphatic carbocycles. The summed E-state index contributed by atoms with van der Waals surface area (Å²) in [5.74, 6) is -0.154. The fourth-order valence-electron chi connectivity index (χ4n) is 2.27. The Morgan fingerprint density at radius 3 is 2.88 bits per heavy atom. The van der Waals surface area contributed by atoms with Crippen molar-refractivity contribution < 1.29 is 9.53 Å². The van der Waals surface area contributed by atoms with E-state index in [1.807, 2.05) is 18.4 Å². The van der Waals surface area contributed by atoms with Crippen LogP contribution in [0.5, 0.6) is 0 Å². The number of hydrogen-bond donors (Lipinski definition) is 1. The van der Waals surface area contributed by atoms with Gasteiger partial charge in [0.2, 0.25) is 0 Å². The molecule has 0 saturated carbocycles. The summed E-state index contributed by atoms with van der Waals surface area (Å²) in [5, 5.41) is 2.47. The molecule has 1 aromatic carbocycles.